The molecule has 1 aliphatic heterocycles. The third kappa shape index (κ3) is 4.53. The average molecular weight is 415 g/mol. The van der Waals surface area contributed by atoms with E-state index in [2.05, 4.69) is 25.9 Å². The van der Waals surface area contributed by atoms with Crippen molar-refractivity contribution in [2.75, 3.05) is 26.7 Å². The zero-order valence-corrected chi connectivity index (χ0v) is 18.2. The van der Waals surface area contributed by atoms with Gasteiger partial charge in [-0.2, -0.15) is 0 Å². The minimum atomic E-state index is 0.0941. The largest absolute Gasteiger partial charge is 0.337 e. The number of fused-ring (bicyclic) bond motifs is 1. The van der Waals surface area contributed by atoms with Gasteiger partial charge in [-0.1, -0.05) is 19.3 Å². The predicted octanol–water partition coefficient (Wildman–Crippen LogP) is 3.44. The summed E-state index contributed by atoms with van der Waals surface area (Å²) >= 11 is 1.58. The summed E-state index contributed by atoms with van der Waals surface area (Å²) in [6, 6.07) is 0. The molecular formula is C21H30N6OS. The molecule has 3 aromatic heterocycles. The maximum atomic E-state index is 13.3. The van der Waals surface area contributed by atoms with Gasteiger partial charge >= 0.3 is 0 Å². The van der Waals surface area contributed by atoms with E-state index in [1.807, 2.05) is 35.8 Å². The lowest BCUT2D eigenvalue weighted by molar-refractivity contribution is 0.0735. The van der Waals surface area contributed by atoms with Gasteiger partial charge in [-0.15, -0.1) is 11.3 Å². The van der Waals surface area contributed by atoms with Gasteiger partial charge in [0.1, 0.15) is 5.82 Å². The Kier molecular flexibility index (Phi) is 6.30. The lowest BCUT2D eigenvalue weighted by Crippen LogP contribution is -2.35. The van der Waals surface area contributed by atoms with Gasteiger partial charge < -0.3 is 9.47 Å². The number of carbonyl (C=O) groups excluding carboxylic acids is 1. The normalized spacial score (nSPS) is 15.8. The second kappa shape index (κ2) is 9.09. The quantitative estimate of drug-likeness (QED) is 0.620. The van der Waals surface area contributed by atoms with Crippen molar-refractivity contribution < 1.29 is 4.79 Å². The van der Waals surface area contributed by atoms with Gasteiger partial charge in [0.05, 0.1) is 5.69 Å². The highest BCUT2D eigenvalue weighted by Gasteiger charge is 2.25. The molecule has 0 aromatic carbocycles. The molecular weight excluding hydrogens is 384 g/mol. The molecule has 4 rings (SSSR count). The molecule has 4 heterocycles. The first-order valence-electron chi connectivity index (χ1n) is 10.5. The Labute approximate surface area is 176 Å². The van der Waals surface area contributed by atoms with Crippen LogP contribution in [0.4, 0.5) is 0 Å². The zero-order valence-electron chi connectivity index (χ0n) is 17.4. The van der Waals surface area contributed by atoms with E-state index >= 15 is 0 Å². The number of imidazole rings is 2. The van der Waals surface area contributed by atoms with Gasteiger partial charge in [-0.3, -0.25) is 14.1 Å². The highest BCUT2D eigenvalue weighted by molar-refractivity contribution is 7.15. The Bertz CT molecular complexity index is 950. The van der Waals surface area contributed by atoms with E-state index in [1.54, 1.807) is 11.3 Å². The number of hydrogen-bond donors (Lipinski definition) is 0. The van der Waals surface area contributed by atoms with Crippen LogP contribution in [0.2, 0.25) is 0 Å². The second-order valence-corrected chi connectivity index (χ2v) is 8.80. The van der Waals surface area contributed by atoms with Gasteiger partial charge in [-0.25, -0.2) is 9.97 Å². The van der Waals surface area contributed by atoms with E-state index < -0.39 is 0 Å². The maximum absolute atomic E-state index is 13.3. The first-order valence-corrected chi connectivity index (χ1v) is 11.4. The van der Waals surface area contributed by atoms with Gasteiger partial charge in [0.2, 0.25) is 0 Å². The zero-order chi connectivity index (χ0) is 20.2. The van der Waals surface area contributed by atoms with Crippen LogP contribution in [0.25, 0.3) is 4.96 Å². The van der Waals surface area contributed by atoms with Crippen LogP contribution in [0.5, 0.6) is 0 Å². The molecule has 29 heavy (non-hydrogen) atoms. The first kappa shape index (κ1) is 20.1. The van der Waals surface area contributed by atoms with Crippen molar-refractivity contribution in [3.05, 3.63) is 41.2 Å². The minimum Gasteiger partial charge on any atom is -0.337 e. The van der Waals surface area contributed by atoms with Crippen LogP contribution in [0.15, 0.2) is 24.0 Å². The molecule has 3 aromatic rings. The van der Waals surface area contributed by atoms with Gasteiger partial charge in [0, 0.05) is 56.7 Å². The fourth-order valence-corrected chi connectivity index (χ4v) is 4.74. The van der Waals surface area contributed by atoms with Gasteiger partial charge in [-0.05, 0) is 26.8 Å². The molecule has 1 saturated heterocycles. The summed E-state index contributed by atoms with van der Waals surface area (Å²) in [6.07, 6.45) is 11.8. The number of aromatic nitrogens is 4. The molecule has 0 radical (unpaired) electrons. The van der Waals surface area contributed by atoms with E-state index in [-0.39, 0.29) is 5.91 Å². The molecule has 1 amide bonds. The van der Waals surface area contributed by atoms with Crippen LogP contribution in [-0.4, -0.2) is 61.3 Å². The molecule has 156 valence electrons. The molecule has 0 saturated carbocycles. The number of carbonyl (C=O) groups is 1. The number of hydrogen-bond acceptors (Lipinski definition) is 5. The fourth-order valence-electron chi connectivity index (χ4n) is 4.01. The summed E-state index contributed by atoms with van der Waals surface area (Å²) in [7, 11) is 2.10. The number of aryl methyl sites for hydroxylation is 1. The molecule has 7 nitrogen and oxygen atoms in total. The molecule has 1 aliphatic rings. The Morgan fingerprint density at radius 2 is 1.93 bits per heavy atom. The van der Waals surface area contributed by atoms with Crippen molar-refractivity contribution in [3.63, 3.8) is 0 Å². The number of amides is 1. The SMILES string of the molecule is Cc1nccn1CCN(C)Cc1c(C(=O)N2CCCCCCC2)nc2sccn12. The highest BCUT2D eigenvalue weighted by atomic mass is 32.1. The van der Waals surface area contributed by atoms with Gasteiger partial charge in [0.15, 0.2) is 10.7 Å². The summed E-state index contributed by atoms with van der Waals surface area (Å²) in [5.74, 6) is 1.12. The summed E-state index contributed by atoms with van der Waals surface area (Å²) in [5.41, 5.74) is 1.63. The molecule has 1 fully saturated rings. The molecule has 0 unspecified atom stereocenters. The predicted molar refractivity (Wildman–Crippen MR) is 115 cm³/mol. The number of nitrogens with zero attached hydrogens (tertiary/aromatic N) is 6. The van der Waals surface area contributed by atoms with Crippen molar-refractivity contribution in [3.8, 4) is 0 Å². The Morgan fingerprint density at radius 1 is 1.17 bits per heavy atom. The molecule has 0 atom stereocenters. The minimum absolute atomic E-state index is 0.0941. The topological polar surface area (TPSA) is 58.7 Å². The second-order valence-electron chi connectivity index (χ2n) is 7.93. The van der Waals surface area contributed by atoms with Crippen LogP contribution < -0.4 is 0 Å². The Hall–Kier alpha value is -2.19. The monoisotopic (exact) mass is 414 g/mol. The summed E-state index contributed by atoms with van der Waals surface area (Å²) < 4.78 is 4.24. The number of likely N-dealkylation sites (N-methyl/N-ethyl adjacent to an activating group) is 1. The van der Waals surface area contributed by atoms with Crippen molar-refractivity contribution >= 4 is 22.2 Å². The van der Waals surface area contributed by atoms with E-state index in [4.69, 9.17) is 4.98 Å². The van der Waals surface area contributed by atoms with Crippen LogP contribution in [-0.2, 0) is 13.1 Å². The van der Waals surface area contributed by atoms with Crippen molar-refractivity contribution in [1.29, 1.82) is 0 Å². The van der Waals surface area contributed by atoms with Crippen molar-refractivity contribution in [2.45, 2.75) is 52.1 Å². The third-order valence-corrected chi connectivity index (χ3v) is 6.53. The smallest absolute Gasteiger partial charge is 0.274 e. The van der Waals surface area contributed by atoms with E-state index in [1.165, 1.54) is 19.3 Å². The third-order valence-electron chi connectivity index (χ3n) is 5.77. The number of thiazole rings is 1. The molecule has 0 bridgehead atoms. The van der Waals surface area contributed by atoms with Crippen LogP contribution >= 0.6 is 11.3 Å². The summed E-state index contributed by atoms with van der Waals surface area (Å²) in [5, 5.41) is 2.03. The average Bonchev–Trinajstić information content (AvgIpc) is 3.37. The molecule has 0 spiro atoms. The molecule has 0 aliphatic carbocycles. The molecule has 8 heteroatoms. The number of likely N-dealkylation sites (tertiary alicyclic amines) is 1. The number of rotatable bonds is 6. The van der Waals surface area contributed by atoms with Gasteiger partial charge in [0.25, 0.3) is 5.91 Å². The summed E-state index contributed by atoms with van der Waals surface area (Å²) in [4.78, 5) is 27.5. The Morgan fingerprint density at radius 3 is 2.66 bits per heavy atom. The lowest BCUT2D eigenvalue weighted by atomic mass is 10.1. The van der Waals surface area contributed by atoms with E-state index in [0.29, 0.717) is 12.2 Å². The van der Waals surface area contributed by atoms with E-state index in [9.17, 15) is 4.79 Å². The highest BCUT2D eigenvalue weighted by Crippen LogP contribution is 2.22. The lowest BCUT2D eigenvalue weighted by Gasteiger charge is -2.25. The first-order chi connectivity index (χ1) is 14.1. The van der Waals surface area contributed by atoms with Crippen molar-refractivity contribution in [1.82, 2.24) is 28.7 Å². The fraction of sp³-hybridized carbons (Fsp3) is 0.571. The maximum Gasteiger partial charge on any atom is 0.274 e. The van der Waals surface area contributed by atoms with Crippen LogP contribution in [0.1, 0.15) is 54.1 Å². The standard InChI is InChI=1S/C21H30N6OS/c1-17-22-8-11-25(17)13-12-24(2)16-18-19(23-21-27(18)14-15-29-21)20(28)26-9-6-4-3-5-7-10-26/h8,11,14-15H,3-7,9-10,12-13,16H2,1-2H3. The van der Waals surface area contributed by atoms with Crippen LogP contribution in [0.3, 0.4) is 0 Å². The van der Waals surface area contributed by atoms with Crippen LogP contribution in [0, 0.1) is 6.92 Å². The summed E-state index contributed by atoms with van der Waals surface area (Å²) in [6.45, 7) is 6.17. The Balaban J connectivity index is 1.51. The van der Waals surface area contributed by atoms with E-state index in [0.717, 1.165) is 55.5 Å². The van der Waals surface area contributed by atoms with Crippen molar-refractivity contribution in [2.24, 2.45) is 0 Å². The molecule has 0 N–H and O–H groups in total.